The van der Waals surface area contributed by atoms with Gasteiger partial charge in [-0.05, 0) is 43.9 Å². The Kier molecular flexibility index (Phi) is 7.48. The van der Waals surface area contributed by atoms with E-state index in [1.54, 1.807) is 32.9 Å². The third-order valence-corrected chi connectivity index (χ3v) is 4.59. The summed E-state index contributed by atoms with van der Waals surface area (Å²) in [4.78, 5) is 36.3. The monoisotopic (exact) mass is 418 g/mol. The van der Waals surface area contributed by atoms with E-state index in [4.69, 9.17) is 14.2 Å². The second kappa shape index (κ2) is 9.65. The molecule has 2 atom stereocenters. The lowest BCUT2D eigenvalue weighted by Crippen LogP contribution is -2.50. The number of rotatable bonds is 7. The van der Waals surface area contributed by atoms with E-state index < -0.39 is 30.1 Å². The number of hydrogen-bond donors (Lipinski definition) is 2. The van der Waals surface area contributed by atoms with Crippen LogP contribution < -0.4 is 15.4 Å². The lowest BCUT2D eigenvalue weighted by molar-refractivity contribution is -0.150. The minimum absolute atomic E-state index is 0.0177. The van der Waals surface area contributed by atoms with Gasteiger partial charge in [0.05, 0.1) is 23.9 Å². The van der Waals surface area contributed by atoms with Crippen molar-refractivity contribution in [3.63, 3.8) is 0 Å². The van der Waals surface area contributed by atoms with Gasteiger partial charge in [0.25, 0.3) is 0 Å². The van der Waals surface area contributed by atoms with Crippen LogP contribution >= 0.6 is 0 Å². The average Bonchev–Trinajstić information content (AvgIpc) is 2.65. The first kappa shape index (κ1) is 23.3. The molecule has 2 rings (SSSR count). The molecular weight excluding hydrogens is 388 g/mol. The summed E-state index contributed by atoms with van der Waals surface area (Å²) in [5.74, 6) is -0.652. The third-order valence-electron chi connectivity index (χ3n) is 4.59. The molecule has 2 N–H and O–H groups in total. The maximum atomic E-state index is 12.4. The number of ether oxygens (including phenoxy) is 3. The summed E-state index contributed by atoms with van der Waals surface area (Å²) in [5, 5.41) is 5.09. The molecule has 0 fully saturated rings. The second-order valence-corrected chi connectivity index (χ2v) is 8.08. The van der Waals surface area contributed by atoms with Gasteiger partial charge in [-0.3, -0.25) is 0 Å². The Balaban J connectivity index is 2.02. The highest BCUT2D eigenvalue weighted by Gasteiger charge is 2.30. The first-order chi connectivity index (χ1) is 14.0. The van der Waals surface area contributed by atoms with Crippen molar-refractivity contribution in [1.82, 2.24) is 10.6 Å². The van der Waals surface area contributed by atoms with Gasteiger partial charge in [0.1, 0.15) is 12.4 Å². The van der Waals surface area contributed by atoms with Crippen molar-refractivity contribution in [2.24, 2.45) is 0 Å². The fourth-order valence-corrected chi connectivity index (χ4v) is 2.94. The van der Waals surface area contributed by atoms with E-state index in [9.17, 15) is 14.4 Å². The number of amides is 2. The van der Waals surface area contributed by atoms with Crippen molar-refractivity contribution in [3.8, 4) is 5.75 Å². The normalized spacial score (nSPS) is 17.5. The van der Waals surface area contributed by atoms with E-state index in [0.717, 1.165) is 5.56 Å². The second-order valence-electron chi connectivity index (χ2n) is 8.08. The number of benzene rings is 1. The van der Waals surface area contributed by atoms with E-state index in [-0.39, 0.29) is 29.9 Å². The van der Waals surface area contributed by atoms with E-state index in [0.29, 0.717) is 5.75 Å². The molecule has 0 bridgehead atoms. The van der Waals surface area contributed by atoms with Gasteiger partial charge in [-0.15, -0.1) is 0 Å². The van der Waals surface area contributed by atoms with Crippen molar-refractivity contribution >= 4 is 18.0 Å². The highest BCUT2D eigenvalue weighted by Crippen LogP contribution is 2.24. The summed E-state index contributed by atoms with van der Waals surface area (Å²) < 4.78 is 16.0. The van der Waals surface area contributed by atoms with E-state index in [1.165, 1.54) is 0 Å². The van der Waals surface area contributed by atoms with Gasteiger partial charge in [-0.25, -0.2) is 14.4 Å². The van der Waals surface area contributed by atoms with Gasteiger partial charge in [0.2, 0.25) is 0 Å². The molecule has 2 amide bonds. The lowest BCUT2D eigenvalue weighted by atomic mass is 9.87. The van der Waals surface area contributed by atoms with Gasteiger partial charge in [-0.2, -0.15) is 0 Å². The number of carbonyl (C=O) groups is 3. The Morgan fingerprint density at radius 3 is 2.33 bits per heavy atom. The predicted molar refractivity (Wildman–Crippen MR) is 111 cm³/mol. The minimum atomic E-state index is -0.869. The molecule has 0 spiro atoms. The summed E-state index contributed by atoms with van der Waals surface area (Å²) in [7, 11) is 0. The Labute approximate surface area is 176 Å². The van der Waals surface area contributed by atoms with Gasteiger partial charge in [0.15, 0.2) is 6.10 Å². The number of carbonyl (C=O) groups excluding carboxylic acids is 3. The zero-order valence-corrected chi connectivity index (χ0v) is 18.3. The number of nitrogens with one attached hydrogen (secondary N) is 2. The Morgan fingerprint density at radius 1 is 1.13 bits per heavy atom. The number of esters is 2. The van der Waals surface area contributed by atoms with Crippen LogP contribution in [0.25, 0.3) is 0 Å². The van der Waals surface area contributed by atoms with Crippen molar-refractivity contribution in [1.29, 1.82) is 0 Å². The number of hydrogen-bond acceptors (Lipinski definition) is 6. The fraction of sp³-hybridized carbons (Fsp3) is 0.500. The molecule has 0 saturated carbocycles. The van der Waals surface area contributed by atoms with Gasteiger partial charge in [-0.1, -0.05) is 32.9 Å². The third kappa shape index (κ3) is 5.98. The van der Waals surface area contributed by atoms with Crippen molar-refractivity contribution < 1.29 is 28.6 Å². The molecule has 0 aliphatic carbocycles. The van der Waals surface area contributed by atoms with Crippen LogP contribution in [0.3, 0.4) is 0 Å². The van der Waals surface area contributed by atoms with Crippen LogP contribution in [-0.2, 0) is 24.5 Å². The summed E-state index contributed by atoms with van der Waals surface area (Å²) in [6.45, 7) is 11.2. The van der Waals surface area contributed by atoms with Crippen LogP contribution in [0.15, 0.2) is 35.5 Å². The predicted octanol–water partition coefficient (Wildman–Crippen LogP) is 2.81. The molecule has 8 heteroatoms. The maximum Gasteiger partial charge on any atom is 0.347 e. The van der Waals surface area contributed by atoms with Crippen molar-refractivity contribution in [3.05, 3.63) is 41.1 Å². The molecule has 1 aliphatic rings. The largest absolute Gasteiger partial charge is 0.479 e. The topological polar surface area (TPSA) is 103 Å². The van der Waals surface area contributed by atoms with Gasteiger partial charge in [0, 0.05) is 0 Å². The molecule has 1 heterocycles. The van der Waals surface area contributed by atoms with Crippen LogP contribution in [0, 0.1) is 0 Å². The van der Waals surface area contributed by atoms with Crippen LogP contribution in [0.5, 0.6) is 5.75 Å². The van der Waals surface area contributed by atoms with Crippen LogP contribution in [0.2, 0.25) is 0 Å². The first-order valence-electron chi connectivity index (χ1n) is 9.94. The van der Waals surface area contributed by atoms with Crippen LogP contribution in [0.1, 0.15) is 47.1 Å². The molecule has 0 aromatic heterocycles. The summed E-state index contributed by atoms with van der Waals surface area (Å²) >= 11 is 0. The van der Waals surface area contributed by atoms with E-state index in [1.807, 2.05) is 12.1 Å². The zero-order chi connectivity index (χ0) is 22.5. The molecule has 0 unspecified atom stereocenters. The Morgan fingerprint density at radius 2 is 1.77 bits per heavy atom. The molecule has 1 aromatic rings. The highest BCUT2D eigenvalue weighted by atomic mass is 16.6. The number of urea groups is 1. The van der Waals surface area contributed by atoms with Gasteiger partial charge >= 0.3 is 18.0 Å². The Bertz CT molecular complexity index is 823. The average molecular weight is 418 g/mol. The quantitative estimate of drug-likeness (QED) is 0.660. The van der Waals surface area contributed by atoms with E-state index >= 15 is 0 Å². The Hall–Kier alpha value is -3.03. The summed E-state index contributed by atoms with van der Waals surface area (Å²) in [6, 6.07) is 6.47. The van der Waals surface area contributed by atoms with Gasteiger partial charge < -0.3 is 24.8 Å². The van der Waals surface area contributed by atoms with Crippen LogP contribution in [-0.4, -0.2) is 43.3 Å². The van der Waals surface area contributed by atoms with Crippen molar-refractivity contribution in [2.45, 2.75) is 59.1 Å². The zero-order valence-electron chi connectivity index (χ0n) is 18.3. The summed E-state index contributed by atoms with van der Waals surface area (Å²) in [6.07, 6.45) is -0.869. The fourth-order valence-electron chi connectivity index (χ4n) is 2.94. The molecule has 1 aromatic carbocycles. The van der Waals surface area contributed by atoms with Crippen molar-refractivity contribution in [2.75, 3.05) is 13.2 Å². The molecule has 0 radical (unpaired) electrons. The summed E-state index contributed by atoms with van der Waals surface area (Å²) in [5.41, 5.74) is 1.58. The molecule has 164 valence electrons. The SMILES string of the molecule is CCOC(=O)C1=C(COC(=O)[C@@H](C)Oc2ccc(C(C)(C)C)cc2)NC(=O)N[C@H]1C. The molecule has 1 aliphatic heterocycles. The smallest absolute Gasteiger partial charge is 0.347 e. The standard InChI is InChI=1S/C22H30N2O6/c1-7-28-20(26)18-13(2)23-21(27)24-17(18)12-29-19(25)14(3)30-16-10-8-15(9-11-16)22(4,5)6/h8-11,13-14H,7,12H2,1-6H3,(H2,23,24,27)/t13-,14+/m0/s1. The molecule has 30 heavy (non-hydrogen) atoms. The molecular formula is C22H30N2O6. The first-order valence-corrected chi connectivity index (χ1v) is 9.94. The molecule has 8 nitrogen and oxygen atoms in total. The minimum Gasteiger partial charge on any atom is -0.479 e. The molecule has 0 saturated heterocycles. The van der Waals surface area contributed by atoms with E-state index in [2.05, 4.69) is 31.4 Å². The van der Waals surface area contributed by atoms with Crippen LogP contribution in [0.4, 0.5) is 4.79 Å². The highest BCUT2D eigenvalue weighted by molar-refractivity contribution is 5.94. The lowest BCUT2D eigenvalue weighted by Gasteiger charge is -2.26. The maximum absolute atomic E-state index is 12.4.